The Kier molecular flexibility index (Phi) is 7.68. The molecule has 11 aromatic rings. The van der Waals surface area contributed by atoms with Crippen molar-refractivity contribution in [2.75, 3.05) is 0 Å². The molecule has 56 heavy (non-hydrogen) atoms. The Morgan fingerprint density at radius 2 is 0.911 bits per heavy atom. The first-order chi connectivity index (χ1) is 27.7. The average molecular weight is 733 g/mol. The summed E-state index contributed by atoms with van der Waals surface area (Å²) in [5, 5.41) is 4.78. The van der Waals surface area contributed by atoms with Gasteiger partial charge in [0.2, 0.25) is 0 Å². The molecule has 3 heterocycles. The van der Waals surface area contributed by atoms with E-state index in [2.05, 4.69) is 164 Å². The van der Waals surface area contributed by atoms with Gasteiger partial charge in [-0.25, -0.2) is 9.97 Å². The minimum absolute atomic E-state index is 0.682. The zero-order valence-electron chi connectivity index (χ0n) is 30.2. The van der Waals surface area contributed by atoms with Gasteiger partial charge in [-0.3, -0.25) is 0 Å². The van der Waals surface area contributed by atoms with Crippen LogP contribution in [0.25, 0.3) is 109 Å². The minimum Gasteiger partial charge on any atom is -0.456 e. The highest BCUT2D eigenvalue weighted by atomic mass is 32.1. The Morgan fingerprint density at radius 1 is 0.321 bits per heavy atom. The number of furan rings is 1. The van der Waals surface area contributed by atoms with Crippen molar-refractivity contribution >= 4 is 53.4 Å². The summed E-state index contributed by atoms with van der Waals surface area (Å²) in [5.74, 6) is 0.682. The summed E-state index contributed by atoms with van der Waals surface area (Å²) in [4.78, 5) is 10.6. The van der Waals surface area contributed by atoms with Crippen molar-refractivity contribution in [3.63, 3.8) is 0 Å². The number of aromatic nitrogens is 2. The third-order valence-corrected chi connectivity index (χ3v) is 11.8. The van der Waals surface area contributed by atoms with Gasteiger partial charge in [0.25, 0.3) is 0 Å². The van der Waals surface area contributed by atoms with Gasteiger partial charge in [-0.05, 0) is 94.0 Å². The molecule has 0 saturated heterocycles. The molecule has 0 fully saturated rings. The van der Waals surface area contributed by atoms with Crippen LogP contribution < -0.4 is 0 Å². The highest BCUT2D eigenvalue weighted by molar-refractivity contribution is 7.25. The van der Waals surface area contributed by atoms with E-state index >= 15 is 0 Å². The molecule has 262 valence electrons. The topological polar surface area (TPSA) is 38.9 Å². The molecule has 0 radical (unpaired) electrons. The summed E-state index contributed by atoms with van der Waals surface area (Å²) in [6.45, 7) is 0. The molecular formula is C52H32N2OS. The lowest BCUT2D eigenvalue weighted by Crippen LogP contribution is -1.97. The Bertz CT molecular complexity index is 3250. The Hall–Kier alpha value is -7.14. The minimum atomic E-state index is 0.682. The molecule has 0 aliphatic carbocycles. The lowest BCUT2D eigenvalue weighted by Gasteiger charge is -2.15. The molecule has 0 atom stereocenters. The Labute approximate surface area is 327 Å². The molecule has 0 N–H and O–H groups in total. The van der Waals surface area contributed by atoms with Crippen LogP contribution in [0.1, 0.15) is 0 Å². The van der Waals surface area contributed by atoms with Gasteiger partial charge in [-0.1, -0.05) is 133 Å². The molecule has 3 aromatic heterocycles. The predicted molar refractivity (Wildman–Crippen MR) is 235 cm³/mol. The first-order valence-corrected chi connectivity index (χ1v) is 19.6. The molecule has 0 spiro atoms. The summed E-state index contributed by atoms with van der Waals surface area (Å²) in [6.07, 6.45) is 0. The highest BCUT2D eigenvalue weighted by Gasteiger charge is 2.17. The maximum absolute atomic E-state index is 6.19. The zero-order valence-corrected chi connectivity index (χ0v) is 31.0. The van der Waals surface area contributed by atoms with E-state index in [1.165, 1.54) is 25.7 Å². The van der Waals surface area contributed by atoms with E-state index in [0.717, 1.165) is 77.8 Å². The molecule has 11 rings (SSSR count). The van der Waals surface area contributed by atoms with Crippen LogP contribution in [0, 0.1) is 0 Å². The number of fused-ring (bicyclic) bond motifs is 6. The van der Waals surface area contributed by atoms with E-state index in [-0.39, 0.29) is 0 Å². The molecule has 3 nitrogen and oxygen atoms in total. The SMILES string of the molecule is c1ccc(-c2cc(-c3ccc4sc5ccccc5c4c3)cc(-c3cc(-c4ccccc4-c4ccc5oc6ccccc6c5c4)nc(-c4ccccc4)n3)c2)cc1. The fourth-order valence-electron chi connectivity index (χ4n) is 7.95. The van der Waals surface area contributed by atoms with Crippen LogP contribution >= 0.6 is 11.3 Å². The largest absolute Gasteiger partial charge is 0.456 e. The number of thiophene rings is 1. The van der Waals surface area contributed by atoms with Crippen LogP contribution in [-0.4, -0.2) is 9.97 Å². The number of benzene rings is 8. The maximum atomic E-state index is 6.19. The fourth-order valence-corrected chi connectivity index (χ4v) is 9.03. The van der Waals surface area contributed by atoms with Crippen molar-refractivity contribution in [1.29, 1.82) is 0 Å². The standard InChI is InChI=1S/C52H32N2OS/c1-3-13-33(14-4-1)37-27-38(35-24-26-51-45(30-35)43-20-10-12-22-50(43)56-51)29-39(28-37)46-32-47(54-52(53-46)34-15-5-2-6-16-34)41-18-8-7-17-40(41)36-23-25-49-44(31-36)42-19-9-11-21-48(42)55-49/h1-32H. The van der Waals surface area contributed by atoms with Crippen LogP contribution in [-0.2, 0) is 0 Å². The number of rotatable bonds is 6. The summed E-state index contributed by atoms with van der Waals surface area (Å²) >= 11 is 1.84. The van der Waals surface area contributed by atoms with Gasteiger partial charge >= 0.3 is 0 Å². The zero-order chi connectivity index (χ0) is 37.0. The van der Waals surface area contributed by atoms with Crippen molar-refractivity contribution < 1.29 is 4.42 Å². The van der Waals surface area contributed by atoms with Crippen LogP contribution in [0.2, 0.25) is 0 Å². The Balaban J connectivity index is 1.12. The van der Waals surface area contributed by atoms with Crippen molar-refractivity contribution in [2.45, 2.75) is 0 Å². The first kappa shape index (κ1) is 32.3. The molecule has 0 bridgehead atoms. The van der Waals surface area contributed by atoms with Gasteiger partial charge in [0.1, 0.15) is 11.2 Å². The highest BCUT2D eigenvalue weighted by Crippen LogP contribution is 2.41. The summed E-state index contributed by atoms with van der Waals surface area (Å²) in [6, 6.07) is 68.7. The lowest BCUT2D eigenvalue weighted by molar-refractivity contribution is 0.669. The molecule has 4 heteroatoms. The van der Waals surface area contributed by atoms with E-state index in [1.807, 2.05) is 41.7 Å². The number of para-hydroxylation sites is 1. The third kappa shape index (κ3) is 5.67. The van der Waals surface area contributed by atoms with Crippen molar-refractivity contribution in [3.05, 3.63) is 194 Å². The molecule has 0 unspecified atom stereocenters. The number of nitrogens with zero attached hydrogens (tertiary/aromatic N) is 2. The number of hydrogen-bond acceptors (Lipinski definition) is 4. The summed E-state index contributed by atoms with van der Waals surface area (Å²) in [5.41, 5.74) is 13.3. The van der Waals surface area contributed by atoms with Crippen LogP contribution in [0.15, 0.2) is 199 Å². The van der Waals surface area contributed by atoms with E-state index in [0.29, 0.717) is 5.82 Å². The normalized spacial score (nSPS) is 11.6. The molecule has 0 aliphatic heterocycles. The summed E-state index contributed by atoms with van der Waals surface area (Å²) < 4.78 is 8.78. The van der Waals surface area contributed by atoms with Crippen LogP contribution in [0.3, 0.4) is 0 Å². The van der Waals surface area contributed by atoms with E-state index < -0.39 is 0 Å². The van der Waals surface area contributed by atoms with Crippen molar-refractivity contribution in [2.24, 2.45) is 0 Å². The third-order valence-electron chi connectivity index (χ3n) is 10.7. The fraction of sp³-hybridized carbons (Fsp3) is 0. The maximum Gasteiger partial charge on any atom is 0.160 e. The van der Waals surface area contributed by atoms with Gasteiger partial charge < -0.3 is 4.42 Å². The molecular weight excluding hydrogens is 701 g/mol. The smallest absolute Gasteiger partial charge is 0.160 e. The van der Waals surface area contributed by atoms with Gasteiger partial charge in [-0.2, -0.15) is 0 Å². The first-order valence-electron chi connectivity index (χ1n) is 18.8. The number of hydrogen-bond donors (Lipinski definition) is 0. The van der Waals surface area contributed by atoms with Gasteiger partial charge in [0.15, 0.2) is 5.82 Å². The molecule has 0 aliphatic rings. The molecule has 8 aromatic carbocycles. The van der Waals surface area contributed by atoms with Crippen molar-refractivity contribution in [1.82, 2.24) is 9.97 Å². The lowest BCUT2D eigenvalue weighted by atomic mass is 9.93. The van der Waals surface area contributed by atoms with E-state index in [1.54, 1.807) is 0 Å². The molecule has 0 amide bonds. The molecule has 0 saturated carbocycles. The van der Waals surface area contributed by atoms with Gasteiger partial charge in [-0.15, -0.1) is 11.3 Å². The van der Waals surface area contributed by atoms with E-state index in [9.17, 15) is 0 Å². The van der Waals surface area contributed by atoms with Gasteiger partial charge in [0, 0.05) is 47.6 Å². The Morgan fingerprint density at radius 3 is 1.75 bits per heavy atom. The monoisotopic (exact) mass is 732 g/mol. The van der Waals surface area contributed by atoms with Crippen molar-refractivity contribution in [3.8, 4) is 67.3 Å². The second kappa shape index (κ2) is 13.3. The van der Waals surface area contributed by atoms with Crippen LogP contribution in [0.4, 0.5) is 0 Å². The van der Waals surface area contributed by atoms with Crippen LogP contribution in [0.5, 0.6) is 0 Å². The average Bonchev–Trinajstić information content (AvgIpc) is 3.84. The predicted octanol–water partition coefficient (Wildman–Crippen LogP) is 14.7. The quantitative estimate of drug-likeness (QED) is 0.171. The van der Waals surface area contributed by atoms with E-state index in [4.69, 9.17) is 14.4 Å². The summed E-state index contributed by atoms with van der Waals surface area (Å²) in [7, 11) is 0. The second-order valence-corrected chi connectivity index (χ2v) is 15.2. The van der Waals surface area contributed by atoms with Gasteiger partial charge in [0.05, 0.1) is 11.4 Å². The second-order valence-electron chi connectivity index (χ2n) is 14.2.